The lowest BCUT2D eigenvalue weighted by Gasteiger charge is -2.30. The van der Waals surface area contributed by atoms with Crippen LogP contribution in [0, 0.1) is 0 Å². The Morgan fingerprint density at radius 1 is 0.906 bits per heavy atom. The van der Waals surface area contributed by atoms with Gasteiger partial charge in [-0.25, -0.2) is 4.68 Å². The Morgan fingerprint density at radius 3 is 2.03 bits per heavy atom. The van der Waals surface area contributed by atoms with Gasteiger partial charge in [0.1, 0.15) is 11.5 Å². The van der Waals surface area contributed by atoms with Crippen molar-refractivity contribution < 1.29 is 9.47 Å². The molecule has 1 aliphatic heterocycles. The summed E-state index contributed by atoms with van der Waals surface area (Å²) in [5.41, 5.74) is 3.45. The Bertz CT molecular complexity index is 1140. The van der Waals surface area contributed by atoms with E-state index < -0.39 is 0 Å². The zero-order valence-electron chi connectivity index (χ0n) is 19.0. The topological polar surface area (TPSA) is 75.1 Å². The lowest BCUT2D eigenvalue weighted by Crippen LogP contribution is -2.42. The van der Waals surface area contributed by atoms with Gasteiger partial charge in [-0.15, -0.1) is 0 Å². The number of piperazine rings is 1. The van der Waals surface area contributed by atoms with Crippen LogP contribution >= 0.6 is 0 Å². The van der Waals surface area contributed by atoms with Crippen LogP contribution in [0.15, 0.2) is 58.4 Å². The minimum Gasteiger partial charge on any atom is -0.497 e. The lowest BCUT2D eigenvalue weighted by molar-refractivity contribution is 0.159. The number of ether oxygens (including phenoxy) is 2. The quantitative estimate of drug-likeness (QED) is 0.603. The van der Waals surface area contributed by atoms with E-state index in [4.69, 9.17) is 14.6 Å². The largest absolute Gasteiger partial charge is 0.497 e. The minimum absolute atomic E-state index is 0.142. The fraction of sp³-hybridized carbons (Fsp3) is 0.333. The number of aromatic nitrogens is 2. The van der Waals surface area contributed by atoms with Crippen molar-refractivity contribution >= 4 is 5.71 Å². The van der Waals surface area contributed by atoms with E-state index >= 15 is 0 Å². The van der Waals surface area contributed by atoms with E-state index in [0.29, 0.717) is 11.3 Å². The molecule has 0 bridgehead atoms. The highest BCUT2D eigenvalue weighted by Crippen LogP contribution is 2.25. The van der Waals surface area contributed by atoms with Gasteiger partial charge in [-0.3, -0.25) is 14.9 Å². The number of hydrazone groups is 1. The summed E-state index contributed by atoms with van der Waals surface area (Å²) in [5.74, 6) is 1.49. The van der Waals surface area contributed by atoms with Crippen molar-refractivity contribution in [2.45, 2.75) is 6.92 Å². The molecule has 32 heavy (non-hydrogen) atoms. The standard InChI is InChI=1S/C24H29N5O3/c1-17(25-28-15-13-27(2)14-16-28)22-23(18-5-9-20(31-3)10-6-18)26-29(24(22)30)19-7-11-21(32-4)12-8-19/h5-12,26H,13-16H2,1-4H3/b25-17+. The number of methoxy groups -OCH3 is 2. The van der Waals surface area contributed by atoms with E-state index in [-0.39, 0.29) is 5.56 Å². The second-order valence-corrected chi connectivity index (χ2v) is 7.87. The summed E-state index contributed by atoms with van der Waals surface area (Å²) < 4.78 is 12.1. The van der Waals surface area contributed by atoms with E-state index in [2.05, 4.69) is 17.0 Å². The molecule has 8 nitrogen and oxygen atoms in total. The van der Waals surface area contributed by atoms with Crippen LogP contribution < -0.4 is 15.0 Å². The first-order valence-corrected chi connectivity index (χ1v) is 10.6. The van der Waals surface area contributed by atoms with Crippen molar-refractivity contribution in [2.24, 2.45) is 5.10 Å². The van der Waals surface area contributed by atoms with E-state index in [9.17, 15) is 4.79 Å². The Balaban J connectivity index is 1.80. The van der Waals surface area contributed by atoms with Gasteiger partial charge in [-0.2, -0.15) is 5.10 Å². The predicted octanol–water partition coefficient (Wildman–Crippen LogP) is 2.82. The van der Waals surface area contributed by atoms with Crippen LogP contribution in [0.1, 0.15) is 12.5 Å². The molecular weight excluding hydrogens is 406 g/mol. The molecule has 1 saturated heterocycles. The van der Waals surface area contributed by atoms with Crippen LogP contribution in [0.4, 0.5) is 0 Å². The summed E-state index contributed by atoms with van der Waals surface area (Å²) in [5, 5.41) is 10.1. The van der Waals surface area contributed by atoms with Crippen LogP contribution in [-0.4, -0.2) is 72.8 Å². The molecule has 3 aromatic rings. The number of likely N-dealkylation sites (N-methyl/N-ethyl adjacent to an activating group) is 1. The molecule has 1 aromatic heterocycles. The molecule has 4 rings (SSSR count). The van der Waals surface area contributed by atoms with Crippen molar-refractivity contribution in [3.63, 3.8) is 0 Å². The van der Waals surface area contributed by atoms with E-state index in [1.165, 1.54) is 0 Å². The predicted molar refractivity (Wildman–Crippen MR) is 126 cm³/mol. The lowest BCUT2D eigenvalue weighted by atomic mass is 10.1. The molecule has 0 aliphatic carbocycles. The number of rotatable bonds is 6. The molecule has 8 heteroatoms. The van der Waals surface area contributed by atoms with Crippen molar-refractivity contribution in [3.05, 3.63) is 64.4 Å². The zero-order chi connectivity index (χ0) is 22.7. The van der Waals surface area contributed by atoms with Crippen LogP contribution in [0.2, 0.25) is 0 Å². The molecule has 0 atom stereocenters. The molecule has 1 fully saturated rings. The number of H-pyrrole nitrogens is 1. The van der Waals surface area contributed by atoms with Crippen LogP contribution in [0.5, 0.6) is 11.5 Å². The van der Waals surface area contributed by atoms with Gasteiger partial charge in [-0.05, 0) is 62.5 Å². The highest BCUT2D eigenvalue weighted by molar-refractivity contribution is 6.03. The zero-order valence-corrected chi connectivity index (χ0v) is 19.0. The highest BCUT2D eigenvalue weighted by atomic mass is 16.5. The van der Waals surface area contributed by atoms with E-state index in [1.54, 1.807) is 18.9 Å². The maximum Gasteiger partial charge on any atom is 0.281 e. The first-order valence-electron chi connectivity index (χ1n) is 10.6. The average Bonchev–Trinajstić information content (AvgIpc) is 3.17. The molecule has 0 spiro atoms. The fourth-order valence-electron chi connectivity index (χ4n) is 3.81. The van der Waals surface area contributed by atoms with Gasteiger partial charge in [0.2, 0.25) is 0 Å². The normalized spacial score (nSPS) is 15.1. The van der Waals surface area contributed by atoms with Crippen molar-refractivity contribution in [3.8, 4) is 28.4 Å². The Kier molecular flexibility index (Phi) is 6.32. The van der Waals surface area contributed by atoms with Crippen molar-refractivity contribution in [2.75, 3.05) is 47.4 Å². The Labute approximate surface area is 187 Å². The van der Waals surface area contributed by atoms with E-state index in [0.717, 1.165) is 54.6 Å². The van der Waals surface area contributed by atoms with Gasteiger partial charge < -0.3 is 14.4 Å². The molecule has 0 amide bonds. The van der Waals surface area contributed by atoms with Gasteiger partial charge in [0.15, 0.2) is 0 Å². The van der Waals surface area contributed by atoms with Crippen molar-refractivity contribution in [1.82, 2.24) is 19.7 Å². The summed E-state index contributed by atoms with van der Waals surface area (Å²) in [4.78, 5) is 15.8. The molecule has 1 aliphatic rings. The fourth-order valence-corrected chi connectivity index (χ4v) is 3.81. The van der Waals surface area contributed by atoms with Gasteiger partial charge in [-0.1, -0.05) is 0 Å². The van der Waals surface area contributed by atoms with Crippen LogP contribution in [0.25, 0.3) is 16.9 Å². The smallest absolute Gasteiger partial charge is 0.281 e. The SMILES string of the molecule is COc1ccc(-c2[nH]n(-c3ccc(OC)cc3)c(=O)c2/C(C)=N/N2CCN(C)CC2)cc1. The second kappa shape index (κ2) is 9.32. The van der Waals surface area contributed by atoms with Crippen molar-refractivity contribution in [1.29, 1.82) is 0 Å². The minimum atomic E-state index is -0.142. The summed E-state index contributed by atoms with van der Waals surface area (Å²) in [6.45, 7) is 5.47. The number of aromatic amines is 1. The Hall–Kier alpha value is -3.52. The maximum atomic E-state index is 13.5. The number of nitrogens with zero attached hydrogens (tertiary/aromatic N) is 4. The molecule has 0 saturated carbocycles. The Morgan fingerprint density at radius 2 is 1.47 bits per heavy atom. The monoisotopic (exact) mass is 435 g/mol. The number of nitrogens with one attached hydrogen (secondary N) is 1. The summed E-state index contributed by atoms with van der Waals surface area (Å²) >= 11 is 0. The molecule has 0 unspecified atom stereocenters. The first-order chi connectivity index (χ1) is 15.5. The molecule has 0 radical (unpaired) electrons. The summed E-state index contributed by atoms with van der Waals surface area (Å²) in [6.07, 6.45) is 0. The van der Waals surface area contributed by atoms with Gasteiger partial charge in [0, 0.05) is 31.7 Å². The van der Waals surface area contributed by atoms with Gasteiger partial charge >= 0.3 is 0 Å². The van der Waals surface area contributed by atoms with E-state index in [1.807, 2.05) is 60.5 Å². The molecule has 168 valence electrons. The number of hydrogen-bond donors (Lipinski definition) is 1. The molecule has 1 N–H and O–H groups in total. The third-order valence-electron chi connectivity index (χ3n) is 5.73. The van der Waals surface area contributed by atoms with Crippen LogP contribution in [-0.2, 0) is 0 Å². The first kappa shape index (κ1) is 21.7. The number of hydrogen-bond acceptors (Lipinski definition) is 6. The average molecular weight is 436 g/mol. The molecule has 2 heterocycles. The third-order valence-corrected chi connectivity index (χ3v) is 5.73. The second-order valence-electron chi connectivity index (χ2n) is 7.87. The van der Waals surface area contributed by atoms with Gasteiger partial charge in [0.05, 0.1) is 36.9 Å². The summed E-state index contributed by atoms with van der Waals surface area (Å²) in [6, 6.07) is 15.0. The molecular formula is C24H29N5O3. The molecule has 2 aromatic carbocycles. The van der Waals surface area contributed by atoms with Gasteiger partial charge in [0.25, 0.3) is 5.56 Å². The maximum absolute atomic E-state index is 13.5. The summed E-state index contributed by atoms with van der Waals surface area (Å²) in [7, 11) is 5.36. The number of benzene rings is 2. The van der Waals surface area contributed by atoms with Crippen LogP contribution in [0.3, 0.4) is 0 Å². The third kappa shape index (κ3) is 4.40. The highest BCUT2D eigenvalue weighted by Gasteiger charge is 2.21.